The topological polar surface area (TPSA) is 38.1 Å². The highest BCUT2D eigenvalue weighted by Gasteiger charge is 2.30. The molecule has 3 aromatic rings. The van der Waals surface area contributed by atoms with Crippen LogP contribution in [0.1, 0.15) is 0 Å². The first-order valence-electron chi connectivity index (χ1n) is 7.83. The highest BCUT2D eigenvalue weighted by Crippen LogP contribution is 2.27. The fourth-order valence-electron chi connectivity index (χ4n) is 2.91. The summed E-state index contributed by atoms with van der Waals surface area (Å²) in [6.07, 6.45) is 2.55. The summed E-state index contributed by atoms with van der Waals surface area (Å²) in [6.45, 7) is 0.455. The van der Waals surface area contributed by atoms with Crippen LogP contribution < -0.4 is 0 Å². The third-order valence-electron chi connectivity index (χ3n) is 4.37. The van der Waals surface area contributed by atoms with Gasteiger partial charge in [0, 0.05) is 18.0 Å². The molecule has 128 valence electrons. The van der Waals surface area contributed by atoms with E-state index in [2.05, 4.69) is 4.98 Å². The molecular weight excluding hydrogens is 348 g/mol. The predicted octanol–water partition coefficient (Wildman–Crippen LogP) is 3.68. The van der Waals surface area contributed by atoms with E-state index in [1.54, 1.807) is 29.1 Å². The predicted molar refractivity (Wildman–Crippen MR) is 91.6 cm³/mol. The molecule has 0 atom stereocenters. The molecule has 0 bridgehead atoms. The average Bonchev–Trinajstić information content (AvgIpc) is 2.96. The van der Waals surface area contributed by atoms with Crippen molar-refractivity contribution in [1.82, 2.24) is 14.5 Å². The number of hydrogen-bond acceptors (Lipinski definition) is 2. The Morgan fingerprint density at radius 1 is 1.24 bits per heavy atom. The number of carbonyl (C=O) groups is 1. The van der Waals surface area contributed by atoms with Crippen LogP contribution in [0.2, 0.25) is 5.02 Å². The van der Waals surface area contributed by atoms with Crippen LogP contribution in [0.25, 0.3) is 22.2 Å². The molecule has 0 aliphatic carbocycles. The second kappa shape index (κ2) is 6.11. The molecule has 25 heavy (non-hydrogen) atoms. The van der Waals surface area contributed by atoms with E-state index in [1.165, 1.54) is 11.0 Å². The Morgan fingerprint density at radius 2 is 2.04 bits per heavy atom. The molecule has 1 aliphatic rings. The molecule has 1 aromatic carbocycles. The largest absolute Gasteiger partial charge is 0.337 e. The fraction of sp³-hybridized carbons (Fsp3) is 0.222. The van der Waals surface area contributed by atoms with Crippen LogP contribution in [-0.4, -0.2) is 39.6 Å². The van der Waals surface area contributed by atoms with Crippen molar-refractivity contribution >= 4 is 28.5 Å². The second-order valence-corrected chi connectivity index (χ2v) is 6.50. The quantitative estimate of drug-likeness (QED) is 0.713. The van der Waals surface area contributed by atoms with E-state index in [0.29, 0.717) is 0 Å². The molecule has 4 nitrogen and oxygen atoms in total. The summed E-state index contributed by atoms with van der Waals surface area (Å²) in [5.74, 6) is -0.601. The van der Waals surface area contributed by atoms with Crippen LogP contribution in [0.15, 0.2) is 42.7 Å². The Labute approximate surface area is 147 Å². The Balaban J connectivity index is 1.65. The molecule has 3 heterocycles. The molecule has 0 spiro atoms. The van der Waals surface area contributed by atoms with Gasteiger partial charge in [0.1, 0.15) is 18.5 Å². The zero-order valence-electron chi connectivity index (χ0n) is 13.1. The number of fused-ring (bicyclic) bond motifs is 1. The lowest BCUT2D eigenvalue weighted by molar-refractivity contribution is -0.138. The normalized spacial score (nSPS) is 14.8. The van der Waals surface area contributed by atoms with Crippen LogP contribution >= 0.6 is 11.6 Å². The molecule has 0 saturated carbocycles. The lowest BCUT2D eigenvalue weighted by Gasteiger charge is -2.34. The molecular formula is C18H14ClF2N3O. The summed E-state index contributed by atoms with van der Waals surface area (Å²) in [4.78, 5) is 18.1. The third-order valence-corrected chi connectivity index (χ3v) is 4.66. The number of aromatic nitrogens is 2. The molecule has 7 heteroatoms. The number of hydrogen-bond donors (Lipinski definition) is 0. The molecule has 1 fully saturated rings. The maximum atomic E-state index is 13.3. The van der Waals surface area contributed by atoms with Crippen LogP contribution in [0.4, 0.5) is 8.78 Å². The highest BCUT2D eigenvalue weighted by atomic mass is 35.5. The number of amides is 1. The Hall–Kier alpha value is -2.47. The van der Waals surface area contributed by atoms with Crippen molar-refractivity contribution in [2.45, 2.75) is 12.7 Å². The molecule has 0 radical (unpaired) electrons. The zero-order valence-corrected chi connectivity index (χ0v) is 13.9. The van der Waals surface area contributed by atoms with Gasteiger partial charge in [-0.1, -0.05) is 17.7 Å². The smallest absolute Gasteiger partial charge is 0.242 e. The minimum atomic E-state index is -0.915. The molecule has 2 aromatic heterocycles. The van der Waals surface area contributed by atoms with Crippen molar-refractivity contribution in [1.29, 1.82) is 0 Å². The van der Waals surface area contributed by atoms with Gasteiger partial charge in [-0.15, -0.1) is 0 Å². The van der Waals surface area contributed by atoms with Gasteiger partial charge in [-0.25, -0.2) is 8.78 Å². The highest BCUT2D eigenvalue weighted by molar-refractivity contribution is 6.31. The van der Waals surface area contributed by atoms with Crippen molar-refractivity contribution in [2.24, 2.45) is 0 Å². The molecule has 1 amide bonds. The lowest BCUT2D eigenvalue weighted by Crippen LogP contribution is -2.52. The Morgan fingerprint density at radius 3 is 2.76 bits per heavy atom. The number of halogens is 3. The minimum absolute atomic E-state index is 0.0433. The SMILES string of the molecule is O=C(Cn1ccc2ncc(-c3ccc(F)c(Cl)c3)cc21)N1CC(F)C1. The maximum absolute atomic E-state index is 13.3. The number of carbonyl (C=O) groups excluding carboxylic acids is 1. The van der Waals surface area contributed by atoms with E-state index >= 15 is 0 Å². The first-order chi connectivity index (χ1) is 12.0. The molecule has 0 N–H and O–H groups in total. The van der Waals surface area contributed by atoms with E-state index < -0.39 is 12.0 Å². The number of nitrogens with zero attached hydrogens (tertiary/aromatic N) is 3. The third kappa shape index (κ3) is 2.98. The van der Waals surface area contributed by atoms with Gasteiger partial charge in [0.2, 0.25) is 5.91 Å². The van der Waals surface area contributed by atoms with Gasteiger partial charge in [0.15, 0.2) is 0 Å². The summed E-state index contributed by atoms with van der Waals surface area (Å²) in [6, 6.07) is 8.18. The van der Waals surface area contributed by atoms with E-state index in [1.807, 2.05) is 12.1 Å². The summed E-state index contributed by atoms with van der Waals surface area (Å²) < 4.78 is 28.0. The average molecular weight is 362 g/mol. The molecule has 0 unspecified atom stereocenters. The van der Waals surface area contributed by atoms with Crippen molar-refractivity contribution in [3.05, 3.63) is 53.6 Å². The van der Waals surface area contributed by atoms with Crippen LogP contribution in [0.3, 0.4) is 0 Å². The fourth-order valence-corrected chi connectivity index (χ4v) is 3.09. The molecule has 1 saturated heterocycles. The summed E-state index contributed by atoms with van der Waals surface area (Å²) in [7, 11) is 0. The van der Waals surface area contributed by atoms with Crippen molar-refractivity contribution < 1.29 is 13.6 Å². The number of benzene rings is 1. The van der Waals surface area contributed by atoms with Crippen molar-refractivity contribution in [2.75, 3.05) is 13.1 Å². The zero-order chi connectivity index (χ0) is 17.6. The first-order valence-corrected chi connectivity index (χ1v) is 8.21. The van der Waals surface area contributed by atoms with E-state index in [-0.39, 0.29) is 30.6 Å². The van der Waals surface area contributed by atoms with Gasteiger partial charge < -0.3 is 9.47 Å². The number of pyridine rings is 1. The van der Waals surface area contributed by atoms with Crippen molar-refractivity contribution in [3.63, 3.8) is 0 Å². The van der Waals surface area contributed by atoms with Crippen molar-refractivity contribution in [3.8, 4) is 11.1 Å². The Bertz CT molecular complexity index is 966. The van der Waals surface area contributed by atoms with Crippen LogP contribution in [-0.2, 0) is 11.3 Å². The van der Waals surface area contributed by atoms with E-state index in [4.69, 9.17) is 11.6 Å². The summed E-state index contributed by atoms with van der Waals surface area (Å²) in [5, 5.41) is 0.0433. The van der Waals surface area contributed by atoms with Gasteiger partial charge in [-0.3, -0.25) is 9.78 Å². The van der Waals surface area contributed by atoms with Gasteiger partial charge in [0.25, 0.3) is 0 Å². The van der Waals surface area contributed by atoms with Gasteiger partial charge in [-0.05, 0) is 29.8 Å². The summed E-state index contributed by atoms with van der Waals surface area (Å²) >= 11 is 5.85. The standard InChI is InChI=1S/C18H14ClF2N3O/c19-14-5-11(1-2-15(14)21)12-6-17-16(22-7-12)3-4-23(17)10-18(25)24-8-13(20)9-24/h1-7,13H,8-10H2. The second-order valence-electron chi connectivity index (χ2n) is 6.10. The van der Waals surface area contributed by atoms with Gasteiger partial charge >= 0.3 is 0 Å². The van der Waals surface area contributed by atoms with E-state index in [0.717, 1.165) is 22.2 Å². The van der Waals surface area contributed by atoms with Gasteiger partial charge in [0.05, 0.1) is 29.1 Å². The number of alkyl halides is 1. The first kappa shape index (κ1) is 16.0. The monoisotopic (exact) mass is 361 g/mol. The minimum Gasteiger partial charge on any atom is -0.337 e. The van der Waals surface area contributed by atoms with Gasteiger partial charge in [-0.2, -0.15) is 0 Å². The van der Waals surface area contributed by atoms with E-state index in [9.17, 15) is 13.6 Å². The molecule has 1 aliphatic heterocycles. The van der Waals surface area contributed by atoms with Crippen LogP contribution in [0, 0.1) is 5.82 Å². The van der Waals surface area contributed by atoms with Crippen LogP contribution in [0.5, 0.6) is 0 Å². The number of rotatable bonds is 3. The molecule has 4 rings (SSSR count). The number of likely N-dealkylation sites (tertiary alicyclic amines) is 1. The Kier molecular flexibility index (Phi) is 3.92. The summed E-state index contributed by atoms with van der Waals surface area (Å²) in [5.41, 5.74) is 3.04. The lowest BCUT2D eigenvalue weighted by atomic mass is 10.1. The maximum Gasteiger partial charge on any atom is 0.242 e.